The lowest BCUT2D eigenvalue weighted by molar-refractivity contribution is 0.00755. The van der Waals surface area contributed by atoms with Crippen molar-refractivity contribution in [1.29, 1.82) is 0 Å². The van der Waals surface area contributed by atoms with Gasteiger partial charge in [0, 0.05) is 11.6 Å². The molecule has 2 aromatic rings. The second-order valence-corrected chi connectivity index (χ2v) is 9.11. The number of carbonyl (C=O) groups excluding carboxylic acids is 3. The Bertz CT molecular complexity index is 1020. The van der Waals surface area contributed by atoms with E-state index in [1.807, 2.05) is 4.57 Å². The first-order chi connectivity index (χ1) is 13.6. The van der Waals surface area contributed by atoms with E-state index in [1.54, 1.807) is 26.8 Å². The summed E-state index contributed by atoms with van der Waals surface area (Å²) in [5, 5.41) is -0.122. The third kappa shape index (κ3) is 3.39. The lowest BCUT2D eigenvalue weighted by Gasteiger charge is -2.46. The predicted octanol–water partition coefficient (Wildman–Crippen LogP) is 3.86. The lowest BCUT2D eigenvalue weighted by Crippen LogP contribution is -2.56. The minimum atomic E-state index is -0.752. The molecule has 8 nitrogen and oxygen atoms in total. The number of halogens is 1. The topological polar surface area (TPSA) is 94.4 Å². The van der Waals surface area contributed by atoms with Crippen LogP contribution < -0.4 is 0 Å². The summed E-state index contributed by atoms with van der Waals surface area (Å²) in [5.74, 6) is -0.541. The van der Waals surface area contributed by atoms with Crippen LogP contribution in [0, 0.1) is 0 Å². The average molecular weight is 419 g/mol. The van der Waals surface area contributed by atoms with Crippen LogP contribution in [0.15, 0.2) is 12.3 Å². The monoisotopic (exact) mass is 418 g/mol. The van der Waals surface area contributed by atoms with Gasteiger partial charge >= 0.3 is 6.09 Å². The van der Waals surface area contributed by atoms with Crippen molar-refractivity contribution in [2.45, 2.75) is 64.0 Å². The first-order valence-electron chi connectivity index (χ1n) is 9.75. The quantitative estimate of drug-likeness (QED) is 0.652. The Labute approximate surface area is 173 Å². The van der Waals surface area contributed by atoms with Crippen molar-refractivity contribution in [2.75, 3.05) is 6.54 Å². The number of rotatable bonds is 1. The largest absolute Gasteiger partial charge is 0.443 e. The predicted molar refractivity (Wildman–Crippen MR) is 106 cm³/mol. The van der Waals surface area contributed by atoms with Crippen LogP contribution in [0.25, 0.3) is 11.0 Å². The number of hydrogen-bond acceptors (Lipinski definition) is 6. The van der Waals surface area contributed by atoms with Gasteiger partial charge in [-0.15, -0.1) is 0 Å². The molecule has 0 saturated heterocycles. The van der Waals surface area contributed by atoms with Crippen LogP contribution in [0.4, 0.5) is 4.79 Å². The van der Waals surface area contributed by atoms with Gasteiger partial charge in [0.05, 0.1) is 12.1 Å². The highest BCUT2D eigenvalue weighted by atomic mass is 35.5. The molecule has 3 heterocycles. The molecule has 9 heteroatoms. The minimum absolute atomic E-state index is 0.104. The first kappa shape index (κ1) is 19.8. The zero-order valence-corrected chi connectivity index (χ0v) is 17.5. The van der Waals surface area contributed by atoms with Crippen molar-refractivity contribution in [2.24, 2.45) is 0 Å². The lowest BCUT2D eigenvalue weighted by atomic mass is 9.79. The summed E-state index contributed by atoms with van der Waals surface area (Å²) >= 11 is 5.58. The van der Waals surface area contributed by atoms with E-state index < -0.39 is 28.4 Å². The van der Waals surface area contributed by atoms with Gasteiger partial charge in [-0.1, -0.05) is 19.3 Å². The van der Waals surface area contributed by atoms with Crippen LogP contribution in [0.1, 0.15) is 74.0 Å². The van der Waals surface area contributed by atoms with E-state index in [0.29, 0.717) is 16.7 Å². The van der Waals surface area contributed by atoms with Crippen LogP contribution in [-0.2, 0) is 10.3 Å². The summed E-state index contributed by atoms with van der Waals surface area (Å²) in [4.78, 5) is 47.1. The van der Waals surface area contributed by atoms with E-state index in [9.17, 15) is 14.4 Å². The van der Waals surface area contributed by atoms with Gasteiger partial charge in [-0.25, -0.2) is 19.7 Å². The van der Waals surface area contributed by atoms with Crippen molar-refractivity contribution in [3.8, 4) is 0 Å². The van der Waals surface area contributed by atoms with E-state index in [-0.39, 0.29) is 12.4 Å². The molecular weight excluding hydrogens is 396 g/mol. The molecule has 2 aromatic heterocycles. The Kier molecular flexibility index (Phi) is 4.64. The summed E-state index contributed by atoms with van der Waals surface area (Å²) in [5.41, 5.74) is -0.339. The third-order valence-electron chi connectivity index (χ3n) is 5.51. The van der Waals surface area contributed by atoms with Crippen molar-refractivity contribution in [1.82, 2.24) is 19.4 Å². The van der Waals surface area contributed by atoms with Gasteiger partial charge in [-0.3, -0.25) is 9.59 Å². The third-order valence-corrected chi connectivity index (χ3v) is 5.67. The molecule has 2 amide bonds. The van der Waals surface area contributed by atoms with Gasteiger partial charge in [0.25, 0.3) is 11.1 Å². The van der Waals surface area contributed by atoms with Crippen LogP contribution >= 0.6 is 11.6 Å². The molecule has 0 unspecified atom stereocenters. The molecule has 1 aliphatic heterocycles. The molecule has 1 aliphatic carbocycles. The molecular formula is C20H23ClN4O4. The van der Waals surface area contributed by atoms with Crippen molar-refractivity contribution in [3.63, 3.8) is 0 Å². The van der Waals surface area contributed by atoms with E-state index in [4.69, 9.17) is 16.3 Å². The summed E-state index contributed by atoms with van der Waals surface area (Å²) < 4.78 is 7.39. The Hall–Kier alpha value is -2.48. The fourth-order valence-corrected chi connectivity index (χ4v) is 4.44. The summed E-state index contributed by atoms with van der Waals surface area (Å²) in [6.45, 7) is 5.53. The Balaban J connectivity index is 1.88. The molecule has 1 saturated carbocycles. The number of hydrogen-bond donors (Lipinski definition) is 0. The molecule has 4 rings (SSSR count). The molecule has 0 bridgehead atoms. The first-order valence-corrected chi connectivity index (χ1v) is 10.1. The molecule has 154 valence electrons. The SMILES string of the molecule is CC(C)(C)OC(=O)N1CC2(CCCCC2)n2c(cc3cnc(C(=O)Cl)nc32)C1=O. The fourth-order valence-electron chi connectivity index (χ4n) is 4.35. The maximum Gasteiger partial charge on any atom is 0.417 e. The van der Waals surface area contributed by atoms with Gasteiger partial charge < -0.3 is 9.30 Å². The maximum absolute atomic E-state index is 13.2. The van der Waals surface area contributed by atoms with Crippen molar-refractivity contribution in [3.05, 3.63) is 23.8 Å². The molecule has 0 radical (unpaired) electrons. The summed E-state index contributed by atoms with van der Waals surface area (Å²) in [7, 11) is 0. The van der Waals surface area contributed by atoms with Gasteiger partial charge in [0.2, 0.25) is 5.82 Å². The van der Waals surface area contributed by atoms with Gasteiger partial charge in [-0.2, -0.15) is 0 Å². The van der Waals surface area contributed by atoms with Gasteiger partial charge in [0.1, 0.15) is 16.9 Å². The van der Waals surface area contributed by atoms with E-state index in [2.05, 4.69) is 9.97 Å². The second-order valence-electron chi connectivity index (χ2n) is 8.77. The summed E-state index contributed by atoms with van der Waals surface area (Å²) in [6, 6.07) is 1.67. The van der Waals surface area contributed by atoms with E-state index in [0.717, 1.165) is 32.1 Å². The molecule has 0 aromatic carbocycles. The zero-order chi connectivity index (χ0) is 21.0. The van der Waals surface area contributed by atoms with Gasteiger partial charge in [-0.05, 0) is 51.3 Å². The number of carbonyl (C=O) groups is 3. The average Bonchev–Trinajstić information content (AvgIpc) is 3.04. The smallest absolute Gasteiger partial charge is 0.417 e. The van der Waals surface area contributed by atoms with Crippen LogP contribution in [0.5, 0.6) is 0 Å². The normalized spacial score (nSPS) is 18.8. The highest BCUT2D eigenvalue weighted by Crippen LogP contribution is 2.42. The second kappa shape index (κ2) is 6.79. The van der Waals surface area contributed by atoms with Crippen LogP contribution in [0.3, 0.4) is 0 Å². The Morgan fingerprint density at radius 3 is 2.52 bits per heavy atom. The summed E-state index contributed by atoms with van der Waals surface area (Å²) in [6.07, 6.45) is 5.48. The molecule has 0 N–H and O–H groups in total. The highest BCUT2D eigenvalue weighted by molar-refractivity contribution is 6.67. The maximum atomic E-state index is 13.2. The zero-order valence-electron chi connectivity index (χ0n) is 16.7. The molecule has 29 heavy (non-hydrogen) atoms. The molecule has 1 spiro atoms. The van der Waals surface area contributed by atoms with E-state index in [1.165, 1.54) is 11.1 Å². The molecule has 2 aliphatic rings. The number of nitrogens with zero attached hydrogens (tertiary/aromatic N) is 4. The fraction of sp³-hybridized carbons (Fsp3) is 0.550. The van der Waals surface area contributed by atoms with Crippen molar-refractivity contribution >= 4 is 39.9 Å². The standard InChI is InChI=1S/C20H23ClN4O4/c1-19(2,3)29-18(28)24-11-20(7-5-4-6-8-20)25-13(17(24)27)9-12-10-22-15(14(21)26)23-16(12)25/h9-10H,4-8,11H2,1-3H3. The van der Waals surface area contributed by atoms with Gasteiger partial charge in [0.15, 0.2) is 0 Å². The number of fused-ring (bicyclic) bond motifs is 4. The van der Waals surface area contributed by atoms with E-state index >= 15 is 0 Å². The highest BCUT2D eigenvalue weighted by Gasteiger charge is 2.47. The Morgan fingerprint density at radius 1 is 1.21 bits per heavy atom. The number of amides is 2. The number of ether oxygens (including phenoxy) is 1. The molecule has 0 atom stereocenters. The Morgan fingerprint density at radius 2 is 1.90 bits per heavy atom. The van der Waals surface area contributed by atoms with Crippen LogP contribution in [0.2, 0.25) is 0 Å². The number of aromatic nitrogens is 3. The number of imide groups is 1. The molecule has 1 fully saturated rings. The van der Waals surface area contributed by atoms with Crippen LogP contribution in [-0.4, -0.2) is 48.8 Å². The minimum Gasteiger partial charge on any atom is -0.443 e. The van der Waals surface area contributed by atoms with Crippen molar-refractivity contribution < 1.29 is 19.1 Å².